The first-order valence-electron chi connectivity index (χ1n) is 6.73. The Balaban J connectivity index is 2.21. The standard InChI is InChI=1S/C16H17BrO2/c1-8-5-12(17)6-9(2)13(8)14-15(18)10-3-4-11(7-10)16(14)19/h5-6,10-11,18H,3-4,7H2,1-2H3. The Kier molecular flexibility index (Phi) is 3.05. The van der Waals surface area contributed by atoms with Gasteiger partial charge in [0, 0.05) is 16.3 Å². The maximum absolute atomic E-state index is 12.6. The minimum Gasteiger partial charge on any atom is -0.511 e. The van der Waals surface area contributed by atoms with E-state index in [2.05, 4.69) is 15.9 Å². The molecule has 0 spiro atoms. The second kappa shape index (κ2) is 4.48. The molecule has 2 atom stereocenters. The van der Waals surface area contributed by atoms with Gasteiger partial charge in [-0.2, -0.15) is 0 Å². The van der Waals surface area contributed by atoms with Crippen molar-refractivity contribution in [1.82, 2.24) is 0 Å². The van der Waals surface area contributed by atoms with Crippen molar-refractivity contribution in [2.75, 3.05) is 0 Å². The highest BCUT2D eigenvalue weighted by Gasteiger charge is 2.41. The zero-order chi connectivity index (χ0) is 13.7. The van der Waals surface area contributed by atoms with Crippen molar-refractivity contribution in [3.63, 3.8) is 0 Å². The van der Waals surface area contributed by atoms with Crippen LogP contribution >= 0.6 is 15.9 Å². The van der Waals surface area contributed by atoms with Crippen molar-refractivity contribution in [2.24, 2.45) is 11.8 Å². The molecule has 1 aromatic rings. The highest BCUT2D eigenvalue weighted by molar-refractivity contribution is 9.10. The van der Waals surface area contributed by atoms with Crippen LogP contribution in [0.25, 0.3) is 5.57 Å². The van der Waals surface area contributed by atoms with Gasteiger partial charge in [-0.05, 0) is 61.9 Å². The zero-order valence-electron chi connectivity index (χ0n) is 11.2. The number of aryl methyl sites for hydroxylation is 2. The first-order valence-corrected chi connectivity index (χ1v) is 7.52. The van der Waals surface area contributed by atoms with Crippen LogP contribution in [0, 0.1) is 25.7 Å². The highest BCUT2D eigenvalue weighted by atomic mass is 79.9. The normalized spacial score (nSPS) is 26.2. The Bertz CT molecular complexity index is 578. The van der Waals surface area contributed by atoms with E-state index in [-0.39, 0.29) is 17.6 Å². The van der Waals surface area contributed by atoms with Crippen molar-refractivity contribution in [1.29, 1.82) is 0 Å². The summed E-state index contributed by atoms with van der Waals surface area (Å²) in [6, 6.07) is 4.01. The number of Topliss-reactive ketones (excluding diaryl/α,β-unsaturated/α-hetero) is 1. The van der Waals surface area contributed by atoms with Crippen molar-refractivity contribution in [3.8, 4) is 0 Å². The minimum absolute atomic E-state index is 0.123. The van der Waals surface area contributed by atoms with Crippen LogP contribution < -0.4 is 0 Å². The molecule has 0 saturated heterocycles. The molecule has 0 radical (unpaired) electrons. The second-order valence-electron chi connectivity index (χ2n) is 5.75. The summed E-state index contributed by atoms with van der Waals surface area (Å²) in [4.78, 5) is 12.6. The summed E-state index contributed by atoms with van der Waals surface area (Å²) in [6.07, 6.45) is 2.70. The van der Waals surface area contributed by atoms with E-state index in [1.165, 1.54) is 0 Å². The average molecular weight is 321 g/mol. The molecule has 1 saturated carbocycles. The average Bonchev–Trinajstić information content (AvgIpc) is 2.76. The van der Waals surface area contributed by atoms with Crippen molar-refractivity contribution in [2.45, 2.75) is 33.1 Å². The number of fused-ring (bicyclic) bond motifs is 2. The smallest absolute Gasteiger partial charge is 0.169 e. The number of aliphatic hydroxyl groups is 1. The summed E-state index contributed by atoms with van der Waals surface area (Å²) in [7, 11) is 0. The van der Waals surface area contributed by atoms with Crippen LogP contribution in [0.3, 0.4) is 0 Å². The summed E-state index contributed by atoms with van der Waals surface area (Å²) in [5.41, 5.74) is 3.61. The van der Waals surface area contributed by atoms with E-state index in [1.807, 2.05) is 26.0 Å². The van der Waals surface area contributed by atoms with Crippen LogP contribution in [0.2, 0.25) is 0 Å². The van der Waals surface area contributed by atoms with Crippen LogP contribution in [0.4, 0.5) is 0 Å². The molecule has 0 amide bonds. The molecule has 1 fully saturated rings. The third-order valence-electron chi connectivity index (χ3n) is 4.44. The molecule has 2 aliphatic carbocycles. The van der Waals surface area contributed by atoms with Crippen molar-refractivity contribution in [3.05, 3.63) is 39.1 Å². The van der Waals surface area contributed by atoms with Crippen LogP contribution in [-0.2, 0) is 4.79 Å². The number of aliphatic hydroxyl groups excluding tert-OH is 1. The first kappa shape index (κ1) is 12.9. The number of carbonyl (C=O) groups excluding carboxylic acids is 1. The third kappa shape index (κ3) is 1.95. The Labute approximate surface area is 121 Å². The van der Waals surface area contributed by atoms with Gasteiger partial charge in [0.15, 0.2) is 5.78 Å². The van der Waals surface area contributed by atoms with Gasteiger partial charge in [-0.3, -0.25) is 4.79 Å². The second-order valence-corrected chi connectivity index (χ2v) is 6.66. The van der Waals surface area contributed by atoms with E-state index in [0.29, 0.717) is 11.3 Å². The molecule has 3 rings (SSSR count). The van der Waals surface area contributed by atoms with Crippen LogP contribution in [0.15, 0.2) is 22.4 Å². The lowest BCUT2D eigenvalue weighted by atomic mass is 9.81. The predicted octanol–water partition coefficient (Wildman–Crippen LogP) is 4.33. The number of hydrogen-bond donors (Lipinski definition) is 1. The van der Waals surface area contributed by atoms with Gasteiger partial charge in [-0.15, -0.1) is 0 Å². The number of allylic oxidation sites excluding steroid dienone is 2. The Hall–Kier alpha value is -1.09. The van der Waals surface area contributed by atoms with E-state index in [4.69, 9.17) is 0 Å². The number of halogens is 1. The number of rotatable bonds is 1. The van der Waals surface area contributed by atoms with Gasteiger partial charge in [-0.25, -0.2) is 0 Å². The fraction of sp³-hybridized carbons (Fsp3) is 0.438. The van der Waals surface area contributed by atoms with Gasteiger partial charge in [-0.1, -0.05) is 15.9 Å². The Morgan fingerprint density at radius 3 is 2.37 bits per heavy atom. The maximum Gasteiger partial charge on any atom is 0.169 e. The molecule has 0 heterocycles. The third-order valence-corrected chi connectivity index (χ3v) is 4.90. The molecule has 0 aliphatic heterocycles. The van der Waals surface area contributed by atoms with Gasteiger partial charge in [0.2, 0.25) is 0 Å². The number of ketones is 1. The summed E-state index contributed by atoms with van der Waals surface area (Å²) < 4.78 is 1.01. The van der Waals surface area contributed by atoms with Crippen LogP contribution in [0.5, 0.6) is 0 Å². The van der Waals surface area contributed by atoms with Crippen LogP contribution in [-0.4, -0.2) is 10.9 Å². The van der Waals surface area contributed by atoms with Crippen molar-refractivity contribution >= 4 is 27.3 Å². The fourth-order valence-corrected chi connectivity index (χ4v) is 4.25. The number of hydrogen-bond acceptors (Lipinski definition) is 2. The molecular weight excluding hydrogens is 304 g/mol. The van der Waals surface area contributed by atoms with Gasteiger partial charge >= 0.3 is 0 Å². The van der Waals surface area contributed by atoms with E-state index >= 15 is 0 Å². The largest absolute Gasteiger partial charge is 0.511 e. The summed E-state index contributed by atoms with van der Waals surface area (Å²) >= 11 is 3.47. The van der Waals surface area contributed by atoms with Crippen LogP contribution in [0.1, 0.15) is 36.0 Å². The molecule has 1 N–H and O–H groups in total. The van der Waals surface area contributed by atoms with E-state index in [1.54, 1.807) is 0 Å². The molecule has 2 bridgehead atoms. The van der Waals surface area contributed by atoms with Gasteiger partial charge < -0.3 is 5.11 Å². The minimum atomic E-state index is 0.123. The molecule has 19 heavy (non-hydrogen) atoms. The quantitative estimate of drug-likeness (QED) is 0.836. The lowest BCUT2D eigenvalue weighted by Gasteiger charge is -2.24. The van der Waals surface area contributed by atoms with Gasteiger partial charge in [0.05, 0.1) is 5.57 Å². The first-order chi connectivity index (χ1) is 8.99. The zero-order valence-corrected chi connectivity index (χ0v) is 12.8. The lowest BCUT2D eigenvalue weighted by Crippen LogP contribution is -2.22. The Morgan fingerprint density at radius 2 is 1.74 bits per heavy atom. The molecule has 2 nitrogen and oxygen atoms in total. The van der Waals surface area contributed by atoms with Gasteiger partial charge in [0.1, 0.15) is 5.76 Å². The molecule has 1 aromatic carbocycles. The maximum atomic E-state index is 12.6. The highest BCUT2D eigenvalue weighted by Crippen LogP contribution is 2.46. The Morgan fingerprint density at radius 1 is 1.16 bits per heavy atom. The van der Waals surface area contributed by atoms with E-state index in [9.17, 15) is 9.90 Å². The summed E-state index contributed by atoms with van der Waals surface area (Å²) in [5.74, 6) is 0.783. The molecule has 2 unspecified atom stereocenters. The molecular formula is C16H17BrO2. The lowest BCUT2D eigenvalue weighted by molar-refractivity contribution is -0.117. The summed E-state index contributed by atoms with van der Waals surface area (Å²) in [6.45, 7) is 3.99. The summed E-state index contributed by atoms with van der Waals surface area (Å²) in [5, 5.41) is 10.4. The monoisotopic (exact) mass is 320 g/mol. The van der Waals surface area contributed by atoms with E-state index in [0.717, 1.165) is 40.4 Å². The number of benzene rings is 1. The van der Waals surface area contributed by atoms with E-state index < -0.39 is 0 Å². The topological polar surface area (TPSA) is 37.3 Å². The molecule has 100 valence electrons. The molecule has 0 aromatic heterocycles. The SMILES string of the molecule is Cc1cc(Br)cc(C)c1C1=C(O)C2CCC(C2)C1=O. The molecule has 2 aliphatic rings. The number of carbonyl (C=O) groups is 1. The fourth-order valence-electron chi connectivity index (χ4n) is 3.56. The van der Waals surface area contributed by atoms with Crippen molar-refractivity contribution < 1.29 is 9.90 Å². The van der Waals surface area contributed by atoms with Gasteiger partial charge in [0.25, 0.3) is 0 Å². The molecule has 3 heteroatoms. The predicted molar refractivity (Wildman–Crippen MR) is 79.0 cm³/mol.